The standard InChI is InChI=1S/C23H21N3/c1-16-14-20(19-10-6-4-7-11-19)15-17(2)22(16)23-18(3)24-26(25-23)21-12-8-5-9-13-21/h4-15H,1-3H3. The fraction of sp³-hybridized carbons (Fsp3) is 0.130. The lowest BCUT2D eigenvalue weighted by molar-refractivity contribution is 0.747. The molecule has 3 nitrogen and oxygen atoms in total. The van der Waals surface area contributed by atoms with Gasteiger partial charge in [0.25, 0.3) is 0 Å². The van der Waals surface area contributed by atoms with E-state index in [1.807, 2.05) is 43.3 Å². The van der Waals surface area contributed by atoms with Crippen molar-refractivity contribution in [2.75, 3.05) is 0 Å². The van der Waals surface area contributed by atoms with Gasteiger partial charge in [0.15, 0.2) is 0 Å². The SMILES string of the molecule is Cc1cc(-c2ccccc2)cc(C)c1-c1nn(-c2ccccc2)nc1C. The van der Waals surface area contributed by atoms with Gasteiger partial charge >= 0.3 is 0 Å². The molecule has 0 atom stereocenters. The van der Waals surface area contributed by atoms with Crippen LogP contribution in [0.4, 0.5) is 0 Å². The molecule has 0 saturated heterocycles. The van der Waals surface area contributed by atoms with Crippen molar-refractivity contribution in [3.05, 3.63) is 89.6 Å². The van der Waals surface area contributed by atoms with Crippen LogP contribution in [0.5, 0.6) is 0 Å². The summed E-state index contributed by atoms with van der Waals surface area (Å²) in [6.07, 6.45) is 0. The molecule has 0 radical (unpaired) electrons. The molecule has 3 heteroatoms. The number of benzene rings is 3. The van der Waals surface area contributed by atoms with Crippen LogP contribution < -0.4 is 0 Å². The second kappa shape index (κ2) is 6.60. The van der Waals surface area contributed by atoms with Gasteiger partial charge in [0.1, 0.15) is 5.69 Å². The molecular formula is C23H21N3. The molecule has 0 spiro atoms. The van der Waals surface area contributed by atoms with Crippen molar-refractivity contribution in [2.45, 2.75) is 20.8 Å². The highest BCUT2D eigenvalue weighted by molar-refractivity contribution is 5.75. The van der Waals surface area contributed by atoms with Crippen LogP contribution in [0.1, 0.15) is 16.8 Å². The highest BCUT2D eigenvalue weighted by Gasteiger charge is 2.16. The number of hydrogen-bond donors (Lipinski definition) is 0. The van der Waals surface area contributed by atoms with Gasteiger partial charge in [-0.1, -0.05) is 60.7 Å². The smallest absolute Gasteiger partial charge is 0.116 e. The van der Waals surface area contributed by atoms with Gasteiger partial charge < -0.3 is 0 Å². The van der Waals surface area contributed by atoms with Crippen LogP contribution in [0, 0.1) is 20.8 Å². The van der Waals surface area contributed by atoms with Gasteiger partial charge in [-0.15, -0.1) is 5.10 Å². The third-order valence-corrected chi connectivity index (χ3v) is 4.65. The summed E-state index contributed by atoms with van der Waals surface area (Å²) in [4.78, 5) is 1.72. The molecule has 0 N–H and O–H groups in total. The first-order valence-corrected chi connectivity index (χ1v) is 8.80. The summed E-state index contributed by atoms with van der Waals surface area (Å²) in [5.74, 6) is 0. The number of aromatic nitrogens is 3. The van der Waals surface area contributed by atoms with E-state index in [0.717, 1.165) is 17.1 Å². The van der Waals surface area contributed by atoms with Crippen LogP contribution in [0.15, 0.2) is 72.8 Å². The third kappa shape index (κ3) is 2.92. The van der Waals surface area contributed by atoms with Gasteiger partial charge in [0.05, 0.1) is 11.4 Å². The van der Waals surface area contributed by atoms with Crippen LogP contribution >= 0.6 is 0 Å². The van der Waals surface area contributed by atoms with E-state index < -0.39 is 0 Å². The number of nitrogens with zero attached hydrogens (tertiary/aromatic N) is 3. The second-order valence-corrected chi connectivity index (χ2v) is 6.61. The summed E-state index contributed by atoms with van der Waals surface area (Å²) in [5.41, 5.74) is 8.92. The summed E-state index contributed by atoms with van der Waals surface area (Å²) in [6.45, 7) is 6.32. The van der Waals surface area contributed by atoms with Crippen molar-refractivity contribution in [2.24, 2.45) is 0 Å². The molecular weight excluding hydrogens is 318 g/mol. The van der Waals surface area contributed by atoms with E-state index in [1.165, 1.54) is 27.8 Å². The Morgan fingerprint density at radius 1 is 0.654 bits per heavy atom. The summed E-state index contributed by atoms with van der Waals surface area (Å²) < 4.78 is 0. The Balaban J connectivity index is 1.81. The second-order valence-electron chi connectivity index (χ2n) is 6.61. The summed E-state index contributed by atoms with van der Waals surface area (Å²) in [5, 5.41) is 9.41. The van der Waals surface area contributed by atoms with Crippen molar-refractivity contribution in [3.8, 4) is 28.1 Å². The maximum absolute atomic E-state index is 4.78. The minimum Gasteiger partial charge on any atom is -0.153 e. The highest BCUT2D eigenvalue weighted by atomic mass is 15.5. The molecule has 0 fully saturated rings. The zero-order valence-corrected chi connectivity index (χ0v) is 15.3. The number of rotatable bonds is 3. The van der Waals surface area contributed by atoms with E-state index in [2.05, 4.69) is 55.3 Å². The van der Waals surface area contributed by atoms with Crippen LogP contribution in [0.25, 0.3) is 28.1 Å². The molecule has 3 aromatic carbocycles. The number of para-hydroxylation sites is 1. The molecule has 0 aliphatic rings. The monoisotopic (exact) mass is 339 g/mol. The maximum Gasteiger partial charge on any atom is 0.116 e. The van der Waals surface area contributed by atoms with Crippen LogP contribution in [0.2, 0.25) is 0 Å². The zero-order chi connectivity index (χ0) is 18.1. The first-order valence-electron chi connectivity index (χ1n) is 8.80. The molecule has 1 aromatic heterocycles. The maximum atomic E-state index is 4.78. The van der Waals surface area contributed by atoms with Gasteiger partial charge in [0.2, 0.25) is 0 Å². The average Bonchev–Trinajstić information content (AvgIpc) is 3.04. The van der Waals surface area contributed by atoms with E-state index >= 15 is 0 Å². The first kappa shape index (κ1) is 16.3. The van der Waals surface area contributed by atoms with Crippen molar-refractivity contribution < 1.29 is 0 Å². The summed E-state index contributed by atoms with van der Waals surface area (Å²) in [7, 11) is 0. The minimum atomic E-state index is 0.938. The summed E-state index contributed by atoms with van der Waals surface area (Å²) in [6, 6.07) is 25.0. The van der Waals surface area contributed by atoms with Crippen molar-refractivity contribution in [3.63, 3.8) is 0 Å². The van der Waals surface area contributed by atoms with Crippen molar-refractivity contribution >= 4 is 0 Å². The van der Waals surface area contributed by atoms with Crippen molar-refractivity contribution in [1.82, 2.24) is 15.0 Å². The predicted octanol–water partition coefficient (Wildman–Crippen LogP) is 5.53. The average molecular weight is 339 g/mol. The largest absolute Gasteiger partial charge is 0.153 e. The molecule has 0 saturated carbocycles. The fourth-order valence-corrected chi connectivity index (χ4v) is 3.42. The number of aryl methyl sites for hydroxylation is 3. The van der Waals surface area contributed by atoms with E-state index in [-0.39, 0.29) is 0 Å². The number of hydrogen-bond acceptors (Lipinski definition) is 2. The molecule has 128 valence electrons. The minimum absolute atomic E-state index is 0.938. The van der Waals surface area contributed by atoms with E-state index in [1.54, 1.807) is 4.80 Å². The lowest BCUT2D eigenvalue weighted by Gasteiger charge is -2.11. The molecule has 0 amide bonds. The Kier molecular flexibility index (Phi) is 4.13. The Morgan fingerprint density at radius 2 is 1.23 bits per heavy atom. The molecule has 4 rings (SSSR count). The molecule has 1 heterocycles. The van der Waals surface area contributed by atoms with Crippen LogP contribution in [-0.4, -0.2) is 15.0 Å². The normalized spacial score (nSPS) is 10.9. The molecule has 0 aliphatic heterocycles. The van der Waals surface area contributed by atoms with Crippen LogP contribution in [0.3, 0.4) is 0 Å². The quantitative estimate of drug-likeness (QED) is 0.491. The fourth-order valence-electron chi connectivity index (χ4n) is 3.42. The van der Waals surface area contributed by atoms with E-state index in [4.69, 9.17) is 5.10 Å². The molecule has 0 unspecified atom stereocenters. The van der Waals surface area contributed by atoms with E-state index in [0.29, 0.717) is 0 Å². The Hall–Kier alpha value is -3.20. The van der Waals surface area contributed by atoms with Gasteiger partial charge in [-0.2, -0.15) is 9.90 Å². The van der Waals surface area contributed by atoms with Crippen LogP contribution in [-0.2, 0) is 0 Å². The predicted molar refractivity (Wildman–Crippen MR) is 106 cm³/mol. The Bertz CT molecular complexity index is 1020. The highest BCUT2D eigenvalue weighted by Crippen LogP contribution is 2.32. The van der Waals surface area contributed by atoms with Gasteiger partial charge in [0, 0.05) is 5.56 Å². The third-order valence-electron chi connectivity index (χ3n) is 4.65. The molecule has 0 bridgehead atoms. The van der Waals surface area contributed by atoms with Gasteiger partial charge in [-0.05, 0) is 55.2 Å². The van der Waals surface area contributed by atoms with E-state index in [9.17, 15) is 0 Å². The molecule has 4 aromatic rings. The first-order chi connectivity index (χ1) is 12.6. The molecule has 26 heavy (non-hydrogen) atoms. The van der Waals surface area contributed by atoms with Crippen molar-refractivity contribution in [1.29, 1.82) is 0 Å². The lowest BCUT2D eigenvalue weighted by Crippen LogP contribution is -1.98. The lowest BCUT2D eigenvalue weighted by atomic mass is 9.93. The van der Waals surface area contributed by atoms with Gasteiger partial charge in [-0.25, -0.2) is 0 Å². The molecule has 0 aliphatic carbocycles. The Labute approximate surface area is 153 Å². The zero-order valence-electron chi connectivity index (χ0n) is 15.3. The Morgan fingerprint density at radius 3 is 1.85 bits per heavy atom. The summed E-state index contributed by atoms with van der Waals surface area (Å²) >= 11 is 0. The topological polar surface area (TPSA) is 30.7 Å². The van der Waals surface area contributed by atoms with Gasteiger partial charge in [-0.3, -0.25) is 0 Å².